The van der Waals surface area contributed by atoms with Gasteiger partial charge in [0.2, 0.25) is 0 Å². The molecule has 0 aliphatic carbocycles. The first-order valence-electron chi connectivity index (χ1n) is 12.8. The lowest BCUT2D eigenvalue weighted by molar-refractivity contribution is 0.313. The molecule has 0 amide bonds. The van der Waals surface area contributed by atoms with Crippen LogP contribution in [0.1, 0.15) is 37.3 Å². The lowest BCUT2D eigenvalue weighted by atomic mass is 10.2. The molecule has 10 nitrogen and oxygen atoms in total. The minimum Gasteiger partial charge on any atom is -0.469 e. The van der Waals surface area contributed by atoms with Crippen molar-refractivity contribution in [3.05, 3.63) is 59.7 Å². The van der Waals surface area contributed by atoms with Crippen molar-refractivity contribution < 1.29 is 4.74 Å². The van der Waals surface area contributed by atoms with Gasteiger partial charge in [0.05, 0.1) is 34.4 Å². The average Bonchev–Trinajstić information content (AvgIpc) is 3.72. The Morgan fingerprint density at radius 1 is 0.769 bits per heavy atom. The molecule has 0 unspecified atom stereocenters. The number of ether oxygens (including phenoxy) is 1. The minimum absolute atomic E-state index is 0.449. The van der Waals surface area contributed by atoms with Crippen molar-refractivity contribution in [3.63, 3.8) is 0 Å². The van der Waals surface area contributed by atoms with Gasteiger partial charge in [-0.1, -0.05) is 23.4 Å². The van der Waals surface area contributed by atoms with E-state index in [1.807, 2.05) is 63.2 Å². The van der Waals surface area contributed by atoms with Gasteiger partial charge < -0.3 is 9.64 Å². The van der Waals surface area contributed by atoms with Crippen LogP contribution < -0.4 is 9.64 Å². The molecule has 0 N–H and O–H groups in total. The number of azo groups is 3. The molecule has 3 heterocycles. The van der Waals surface area contributed by atoms with Crippen LogP contribution in [0.15, 0.2) is 79.2 Å². The van der Waals surface area contributed by atoms with Crippen molar-refractivity contribution in [2.24, 2.45) is 30.7 Å². The second-order valence-corrected chi connectivity index (χ2v) is 11.0. The fourth-order valence-corrected chi connectivity index (χ4v) is 5.34. The van der Waals surface area contributed by atoms with Gasteiger partial charge in [-0.25, -0.2) is 0 Å². The summed E-state index contributed by atoms with van der Waals surface area (Å²) in [6.45, 7) is 8.84. The van der Waals surface area contributed by atoms with E-state index in [1.165, 1.54) is 29.2 Å². The second-order valence-electron chi connectivity index (χ2n) is 9.05. The summed E-state index contributed by atoms with van der Waals surface area (Å²) in [5, 5.41) is 37.3. The zero-order valence-electron chi connectivity index (χ0n) is 22.1. The highest BCUT2D eigenvalue weighted by atomic mass is 32.1. The number of thiophene rings is 1. The fraction of sp³-hybridized carbons (Fsp3) is 0.333. The molecule has 4 aromatic rings. The molecule has 1 saturated heterocycles. The number of nitrogens with zero attached hydrogens (tertiary/aromatic N) is 9. The molecule has 0 saturated carbocycles. The molecule has 2 aromatic carbocycles. The Kier molecular flexibility index (Phi) is 8.74. The lowest BCUT2D eigenvalue weighted by Crippen LogP contribution is -2.15. The third-order valence-corrected chi connectivity index (χ3v) is 7.71. The SMILES string of the molecule is CCCOc1nnc(/N=N/c2ccc(/N=N/c3ccc(/N=N/c4ccc(N5CCCC5)s4)cc3C)cc2C)s1. The van der Waals surface area contributed by atoms with Crippen LogP contribution in [0, 0.1) is 13.8 Å². The lowest BCUT2D eigenvalue weighted by Gasteiger charge is -2.13. The summed E-state index contributed by atoms with van der Waals surface area (Å²) in [6.07, 6.45) is 3.43. The highest BCUT2D eigenvalue weighted by Gasteiger charge is 2.14. The average molecular weight is 560 g/mol. The van der Waals surface area contributed by atoms with Gasteiger partial charge in [-0.05, 0) is 104 Å². The maximum Gasteiger partial charge on any atom is 0.295 e. The molecule has 39 heavy (non-hydrogen) atoms. The largest absolute Gasteiger partial charge is 0.469 e. The maximum atomic E-state index is 5.46. The van der Waals surface area contributed by atoms with Crippen molar-refractivity contribution in [2.75, 3.05) is 24.6 Å². The zero-order chi connectivity index (χ0) is 27.0. The molecule has 1 fully saturated rings. The van der Waals surface area contributed by atoms with E-state index in [-0.39, 0.29) is 0 Å². The Morgan fingerprint density at radius 2 is 1.44 bits per heavy atom. The van der Waals surface area contributed by atoms with Gasteiger partial charge in [0.15, 0.2) is 0 Å². The summed E-state index contributed by atoms with van der Waals surface area (Å²) in [7, 11) is 0. The van der Waals surface area contributed by atoms with E-state index in [2.05, 4.69) is 51.8 Å². The van der Waals surface area contributed by atoms with Gasteiger partial charge in [-0.2, -0.15) is 10.2 Å². The first-order valence-corrected chi connectivity index (χ1v) is 14.5. The predicted molar refractivity (Wildman–Crippen MR) is 156 cm³/mol. The summed E-state index contributed by atoms with van der Waals surface area (Å²) in [5.41, 5.74) is 4.92. The van der Waals surface area contributed by atoms with E-state index >= 15 is 0 Å². The molecular weight excluding hydrogens is 530 g/mol. The van der Waals surface area contributed by atoms with Gasteiger partial charge in [-0.15, -0.1) is 25.6 Å². The molecule has 0 spiro atoms. The normalized spacial score (nSPS) is 14.0. The molecule has 1 aliphatic rings. The Bertz CT molecular complexity index is 1500. The van der Waals surface area contributed by atoms with E-state index < -0.39 is 0 Å². The van der Waals surface area contributed by atoms with Crippen LogP contribution >= 0.6 is 22.7 Å². The number of benzene rings is 2. The van der Waals surface area contributed by atoms with Crippen LogP contribution in [0.4, 0.5) is 37.9 Å². The van der Waals surface area contributed by atoms with Gasteiger partial charge in [0, 0.05) is 13.1 Å². The van der Waals surface area contributed by atoms with Crippen LogP contribution in [0.5, 0.6) is 5.19 Å². The second kappa shape index (κ2) is 12.8. The predicted octanol–water partition coefficient (Wildman–Crippen LogP) is 9.85. The summed E-state index contributed by atoms with van der Waals surface area (Å²) >= 11 is 2.94. The maximum absolute atomic E-state index is 5.46. The molecule has 1 aliphatic heterocycles. The quantitative estimate of drug-likeness (QED) is 0.180. The van der Waals surface area contributed by atoms with Crippen molar-refractivity contribution >= 4 is 60.6 Å². The number of aromatic nitrogens is 2. The van der Waals surface area contributed by atoms with Crippen molar-refractivity contribution in [2.45, 2.75) is 40.0 Å². The van der Waals surface area contributed by atoms with Gasteiger partial charge in [-0.3, -0.25) is 0 Å². The van der Waals surface area contributed by atoms with E-state index in [9.17, 15) is 0 Å². The molecule has 12 heteroatoms. The molecule has 2 aromatic heterocycles. The van der Waals surface area contributed by atoms with Crippen molar-refractivity contribution in [3.8, 4) is 5.19 Å². The first kappa shape index (κ1) is 26.7. The number of hydrogen-bond donors (Lipinski definition) is 0. The number of aryl methyl sites for hydroxylation is 2. The monoisotopic (exact) mass is 559 g/mol. The molecule has 5 rings (SSSR count). The first-order chi connectivity index (χ1) is 19.1. The standard InChI is InChI=1S/C27H29N9OS2/c1-4-15-37-27-35-34-26(39-27)33-31-23-10-7-20(16-19(23)3)28-30-22-9-8-21(17-18(22)2)29-32-24-11-12-25(38-24)36-13-5-6-14-36/h7-12,16-17H,4-6,13-15H2,1-3H3/b30-28+,32-29+,33-31+. The third-order valence-electron chi connectivity index (χ3n) is 5.96. The fourth-order valence-electron chi connectivity index (χ4n) is 3.91. The van der Waals surface area contributed by atoms with Crippen molar-refractivity contribution in [1.29, 1.82) is 0 Å². The topological polar surface area (TPSA) is 112 Å². The number of hydrogen-bond acceptors (Lipinski definition) is 12. The van der Waals surface area contributed by atoms with Crippen LogP contribution in [-0.2, 0) is 0 Å². The summed E-state index contributed by atoms with van der Waals surface area (Å²) in [4.78, 5) is 2.41. The Balaban J connectivity index is 1.20. The zero-order valence-corrected chi connectivity index (χ0v) is 23.7. The van der Waals surface area contributed by atoms with Crippen molar-refractivity contribution in [1.82, 2.24) is 10.2 Å². The minimum atomic E-state index is 0.449. The van der Waals surface area contributed by atoms with E-state index in [1.54, 1.807) is 11.3 Å². The molecule has 0 bridgehead atoms. The molecular formula is C27H29N9OS2. The molecule has 200 valence electrons. The van der Waals surface area contributed by atoms with Crippen LogP contribution in [0.3, 0.4) is 0 Å². The van der Waals surface area contributed by atoms with E-state index in [0.717, 1.165) is 58.4 Å². The van der Waals surface area contributed by atoms with Gasteiger partial charge >= 0.3 is 0 Å². The smallest absolute Gasteiger partial charge is 0.295 e. The summed E-state index contributed by atoms with van der Waals surface area (Å²) in [5.74, 6) is 0. The molecule has 0 atom stereocenters. The number of anilines is 1. The highest BCUT2D eigenvalue weighted by Crippen LogP contribution is 2.35. The Labute approximate surface area is 235 Å². The van der Waals surface area contributed by atoms with E-state index in [4.69, 9.17) is 4.74 Å². The molecule has 0 radical (unpaired) electrons. The highest BCUT2D eigenvalue weighted by molar-refractivity contribution is 7.19. The van der Waals surface area contributed by atoms with E-state index in [0.29, 0.717) is 16.9 Å². The van der Waals surface area contributed by atoms with Gasteiger partial charge in [0.1, 0.15) is 5.00 Å². The van der Waals surface area contributed by atoms with Gasteiger partial charge in [0.25, 0.3) is 10.3 Å². The van der Waals surface area contributed by atoms with Crippen LogP contribution in [0.25, 0.3) is 0 Å². The summed E-state index contributed by atoms with van der Waals surface area (Å²) < 4.78 is 5.46. The van der Waals surface area contributed by atoms with Crippen LogP contribution in [-0.4, -0.2) is 29.9 Å². The van der Waals surface area contributed by atoms with Crippen LogP contribution in [0.2, 0.25) is 0 Å². The number of rotatable bonds is 10. The summed E-state index contributed by atoms with van der Waals surface area (Å²) in [6, 6.07) is 15.6. The Morgan fingerprint density at radius 3 is 2.10 bits per heavy atom. The third kappa shape index (κ3) is 7.15. The Hall–Kier alpha value is -3.90.